The monoisotopic (exact) mass is 427 g/mol. The van der Waals surface area contributed by atoms with E-state index >= 15 is 0 Å². The SMILES string of the molecule is CN1C(=O)CC[C@]2(C)c3ccc(-c4c(F)c(F)c(Cl)c(Cl)c4F)cc3CCC12. The molecule has 0 radical (unpaired) electrons. The van der Waals surface area contributed by atoms with Crippen LogP contribution in [0.4, 0.5) is 13.2 Å². The quantitative estimate of drug-likeness (QED) is 0.409. The number of halogens is 5. The van der Waals surface area contributed by atoms with Crippen LogP contribution in [0, 0.1) is 17.5 Å². The van der Waals surface area contributed by atoms with Gasteiger partial charge in [0.25, 0.3) is 0 Å². The Labute approximate surface area is 171 Å². The van der Waals surface area contributed by atoms with E-state index in [1.807, 2.05) is 18.0 Å². The minimum Gasteiger partial charge on any atom is -0.342 e. The van der Waals surface area contributed by atoms with Crippen LogP contribution in [-0.2, 0) is 16.6 Å². The van der Waals surface area contributed by atoms with E-state index in [4.69, 9.17) is 23.2 Å². The first-order valence-electron chi connectivity index (χ1n) is 9.07. The summed E-state index contributed by atoms with van der Waals surface area (Å²) in [6.45, 7) is 2.12. The number of aryl methyl sites for hydroxylation is 1. The maximum atomic E-state index is 14.6. The largest absolute Gasteiger partial charge is 0.342 e. The number of rotatable bonds is 1. The molecule has 0 saturated carbocycles. The number of carbonyl (C=O) groups excluding carboxylic acids is 1. The maximum Gasteiger partial charge on any atom is 0.222 e. The molecule has 28 heavy (non-hydrogen) atoms. The topological polar surface area (TPSA) is 20.3 Å². The van der Waals surface area contributed by atoms with Crippen molar-refractivity contribution in [2.75, 3.05) is 7.05 Å². The van der Waals surface area contributed by atoms with Crippen LogP contribution < -0.4 is 0 Å². The number of amides is 1. The molecule has 1 aliphatic carbocycles. The van der Waals surface area contributed by atoms with E-state index in [9.17, 15) is 18.0 Å². The molecule has 1 aliphatic heterocycles. The van der Waals surface area contributed by atoms with Crippen LogP contribution in [0.25, 0.3) is 11.1 Å². The molecular formula is C21H18Cl2F3NO. The summed E-state index contributed by atoms with van der Waals surface area (Å²) >= 11 is 11.3. The van der Waals surface area contributed by atoms with Crippen LogP contribution in [0.15, 0.2) is 18.2 Å². The lowest BCUT2D eigenvalue weighted by molar-refractivity contribution is -0.138. The average Bonchev–Trinajstić information content (AvgIpc) is 2.68. The lowest BCUT2D eigenvalue weighted by Gasteiger charge is -2.50. The van der Waals surface area contributed by atoms with Gasteiger partial charge in [-0.2, -0.15) is 0 Å². The molecule has 2 aromatic carbocycles. The molecule has 0 spiro atoms. The molecule has 0 aromatic heterocycles. The van der Waals surface area contributed by atoms with Crippen molar-refractivity contribution in [3.05, 3.63) is 56.8 Å². The zero-order valence-electron chi connectivity index (χ0n) is 15.4. The van der Waals surface area contributed by atoms with Crippen molar-refractivity contribution in [1.29, 1.82) is 0 Å². The van der Waals surface area contributed by atoms with Gasteiger partial charge in [0.15, 0.2) is 17.5 Å². The zero-order valence-corrected chi connectivity index (χ0v) is 16.9. The van der Waals surface area contributed by atoms with E-state index in [1.165, 1.54) is 0 Å². The summed E-state index contributed by atoms with van der Waals surface area (Å²) in [5.41, 5.74) is 1.48. The van der Waals surface area contributed by atoms with Gasteiger partial charge in [0.1, 0.15) is 5.02 Å². The lowest BCUT2D eigenvalue weighted by Crippen LogP contribution is -2.56. The summed E-state index contributed by atoms with van der Waals surface area (Å²) in [4.78, 5) is 13.9. The first-order chi connectivity index (χ1) is 13.2. The Morgan fingerprint density at radius 1 is 1.07 bits per heavy atom. The van der Waals surface area contributed by atoms with Gasteiger partial charge in [0.2, 0.25) is 5.91 Å². The molecule has 7 heteroatoms. The third-order valence-electron chi connectivity index (χ3n) is 6.36. The van der Waals surface area contributed by atoms with Crippen LogP contribution in [0.1, 0.15) is 37.3 Å². The molecule has 0 N–H and O–H groups in total. The van der Waals surface area contributed by atoms with Crippen LogP contribution in [0.5, 0.6) is 0 Å². The van der Waals surface area contributed by atoms with E-state index in [2.05, 4.69) is 6.92 Å². The van der Waals surface area contributed by atoms with E-state index in [1.54, 1.807) is 12.1 Å². The molecular weight excluding hydrogens is 410 g/mol. The Balaban J connectivity index is 1.84. The third kappa shape index (κ3) is 2.66. The lowest BCUT2D eigenvalue weighted by atomic mass is 9.63. The highest BCUT2D eigenvalue weighted by Crippen LogP contribution is 2.47. The van der Waals surface area contributed by atoms with Crippen molar-refractivity contribution in [2.45, 2.75) is 44.1 Å². The van der Waals surface area contributed by atoms with Crippen LogP contribution in [0.2, 0.25) is 10.0 Å². The van der Waals surface area contributed by atoms with Gasteiger partial charge >= 0.3 is 0 Å². The van der Waals surface area contributed by atoms with Gasteiger partial charge in [0, 0.05) is 24.9 Å². The predicted molar refractivity (Wildman–Crippen MR) is 103 cm³/mol. The number of fused-ring (bicyclic) bond motifs is 3. The van der Waals surface area contributed by atoms with E-state index < -0.39 is 33.1 Å². The number of nitrogens with zero attached hydrogens (tertiary/aromatic N) is 1. The number of hydrogen-bond donors (Lipinski definition) is 0. The van der Waals surface area contributed by atoms with Crippen molar-refractivity contribution in [2.24, 2.45) is 0 Å². The van der Waals surface area contributed by atoms with Gasteiger partial charge in [0.05, 0.1) is 10.6 Å². The number of likely N-dealkylation sites (tertiary alicyclic amines) is 1. The molecule has 4 rings (SSSR count). The van der Waals surface area contributed by atoms with E-state index in [0.717, 1.165) is 24.0 Å². The number of likely N-dealkylation sites (N-methyl/N-ethyl adjacent to an activating group) is 1. The van der Waals surface area contributed by atoms with E-state index in [-0.39, 0.29) is 22.9 Å². The van der Waals surface area contributed by atoms with Gasteiger partial charge in [-0.25, -0.2) is 13.2 Å². The average molecular weight is 428 g/mol. The number of hydrogen-bond acceptors (Lipinski definition) is 1. The summed E-state index contributed by atoms with van der Waals surface area (Å²) < 4.78 is 43.1. The Morgan fingerprint density at radius 2 is 1.75 bits per heavy atom. The molecule has 2 nitrogen and oxygen atoms in total. The fourth-order valence-corrected chi connectivity index (χ4v) is 5.14. The van der Waals surface area contributed by atoms with Crippen LogP contribution >= 0.6 is 23.2 Å². The van der Waals surface area contributed by atoms with Crippen molar-refractivity contribution in [1.82, 2.24) is 4.90 Å². The van der Waals surface area contributed by atoms with Crippen molar-refractivity contribution in [3.8, 4) is 11.1 Å². The molecule has 148 valence electrons. The molecule has 2 aromatic rings. The minimum absolute atomic E-state index is 0.0861. The Morgan fingerprint density at radius 3 is 2.46 bits per heavy atom. The molecule has 1 fully saturated rings. The van der Waals surface area contributed by atoms with Gasteiger partial charge < -0.3 is 4.90 Å². The first-order valence-corrected chi connectivity index (χ1v) is 9.83. The number of piperidine rings is 1. The second kappa shape index (κ2) is 6.67. The zero-order chi connectivity index (χ0) is 20.4. The van der Waals surface area contributed by atoms with Gasteiger partial charge in [-0.3, -0.25) is 4.79 Å². The highest BCUT2D eigenvalue weighted by molar-refractivity contribution is 6.42. The fourth-order valence-electron chi connectivity index (χ4n) is 4.80. The normalized spacial score (nSPS) is 24.2. The minimum atomic E-state index is -1.36. The molecule has 1 saturated heterocycles. The smallest absolute Gasteiger partial charge is 0.222 e. The fraction of sp³-hybridized carbons (Fsp3) is 0.381. The molecule has 0 bridgehead atoms. The predicted octanol–water partition coefficient (Wildman–Crippen LogP) is 5.90. The second-order valence-electron chi connectivity index (χ2n) is 7.79. The number of benzene rings is 2. The second-order valence-corrected chi connectivity index (χ2v) is 8.55. The first kappa shape index (κ1) is 19.6. The highest BCUT2D eigenvalue weighted by atomic mass is 35.5. The molecule has 2 atom stereocenters. The summed E-state index contributed by atoms with van der Waals surface area (Å²) in [7, 11) is 1.83. The summed E-state index contributed by atoms with van der Waals surface area (Å²) in [6.07, 6.45) is 2.60. The van der Waals surface area contributed by atoms with E-state index in [0.29, 0.717) is 12.8 Å². The van der Waals surface area contributed by atoms with Gasteiger partial charge in [-0.15, -0.1) is 0 Å². The standard InChI is InChI=1S/C21H18Cl2F3NO/c1-21-8-7-14(28)27(2)13(21)6-4-10-9-11(3-5-12(10)21)15-18(24)16(22)17(23)20(26)19(15)25/h3,5,9,13H,4,6-8H2,1-2H3/t13?,21-/m1/s1. The Bertz CT molecular complexity index is 981. The van der Waals surface area contributed by atoms with Gasteiger partial charge in [-0.05, 0) is 36.0 Å². The molecule has 2 aliphatic rings. The van der Waals surface area contributed by atoms with Crippen molar-refractivity contribution < 1.29 is 18.0 Å². The van der Waals surface area contributed by atoms with Gasteiger partial charge in [-0.1, -0.05) is 48.3 Å². The van der Waals surface area contributed by atoms with Crippen molar-refractivity contribution in [3.63, 3.8) is 0 Å². The van der Waals surface area contributed by atoms with Crippen LogP contribution in [-0.4, -0.2) is 23.9 Å². The molecule has 1 heterocycles. The Hall–Kier alpha value is -1.72. The van der Waals surface area contributed by atoms with Crippen LogP contribution in [0.3, 0.4) is 0 Å². The van der Waals surface area contributed by atoms with Crippen molar-refractivity contribution >= 4 is 29.1 Å². The third-order valence-corrected chi connectivity index (χ3v) is 7.17. The number of carbonyl (C=O) groups is 1. The summed E-state index contributed by atoms with van der Waals surface area (Å²) in [5, 5.41) is -1.39. The molecule has 1 unspecified atom stereocenters. The Kier molecular flexibility index (Phi) is 4.66. The maximum absolute atomic E-state index is 14.6. The summed E-state index contributed by atoms with van der Waals surface area (Å²) in [6, 6.07) is 5.19. The molecule has 1 amide bonds. The highest BCUT2D eigenvalue weighted by Gasteiger charge is 2.46. The summed E-state index contributed by atoms with van der Waals surface area (Å²) in [5.74, 6) is -3.65.